The maximum Gasteiger partial charge on any atom is 0.389 e. The van der Waals surface area contributed by atoms with Crippen molar-refractivity contribution in [3.05, 3.63) is 89.9 Å². The highest BCUT2D eigenvalue weighted by atomic mass is 19.4. The summed E-state index contributed by atoms with van der Waals surface area (Å²) < 4.78 is 39.2. The maximum atomic E-state index is 12.8. The number of pyridine rings is 2. The van der Waals surface area contributed by atoms with E-state index in [9.17, 15) is 27.6 Å². The summed E-state index contributed by atoms with van der Waals surface area (Å²) in [4.78, 5) is 49.8. The number of alkyl halides is 3. The van der Waals surface area contributed by atoms with Crippen molar-refractivity contribution in [3.63, 3.8) is 0 Å². The lowest BCUT2D eigenvalue weighted by atomic mass is 10.00. The number of anilines is 2. The van der Waals surface area contributed by atoms with Gasteiger partial charge < -0.3 is 15.1 Å². The van der Waals surface area contributed by atoms with Crippen LogP contribution in [0.4, 0.5) is 29.6 Å². The fourth-order valence-corrected chi connectivity index (χ4v) is 5.84. The second kappa shape index (κ2) is 13.6. The van der Waals surface area contributed by atoms with E-state index in [0.29, 0.717) is 54.8 Å². The maximum absolute atomic E-state index is 12.8. The second-order valence-electron chi connectivity index (χ2n) is 11.6. The normalized spacial score (nSPS) is 16.7. The summed E-state index contributed by atoms with van der Waals surface area (Å²) in [7, 11) is 0. The van der Waals surface area contributed by atoms with Gasteiger partial charge in [0, 0.05) is 67.5 Å². The first-order valence-corrected chi connectivity index (χ1v) is 15.4. The second-order valence-corrected chi connectivity index (χ2v) is 11.6. The first-order chi connectivity index (χ1) is 22.6. The lowest BCUT2D eigenvalue weighted by Crippen LogP contribution is -2.41. The number of nitrogens with zero attached hydrogens (tertiary/aromatic N) is 6. The van der Waals surface area contributed by atoms with Gasteiger partial charge in [-0.3, -0.25) is 19.9 Å². The Labute approximate surface area is 268 Å². The Morgan fingerprint density at radius 3 is 2.53 bits per heavy atom. The Hall–Kier alpha value is -5.27. The van der Waals surface area contributed by atoms with Crippen LogP contribution in [-0.2, 0) is 11.2 Å². The van der Waals surface area contributed by atoms with Crippen LogP contribution in [0.5, 0.6) is 0 Å². The van der Waals surface area contributed by atoms with Crippen molar-refractivity contribution < 1.29 is 27.6 Å². The summed E-state index contributed by atoms with van der Waals surface area (Å²) in [6.07, 6.45) is 1.40. The number of urea groups is 1. The largest absolute Gasteiger partial charge is 0.389 e. The number of fused-ring (bicyclic) bond motifs is 1. The van der Waals surface area contributed by atoms with Crippen LogP contribution in [0.25, 0.3) is 11.2 Å². The zero-order valence-corrected chi connectivity index (χ0v) is 25.4. The summed E-state index contributed by atoms with van der Waals surface area (Å²) in [5.41, 5.74) is 4.27. The quantitative estimate of drug-likeness (QED) is 0.268. The molecular weight excluding hydrogens is 613 g/mol. The van der Waals surface area contributed by atoms with Gasteiger partial charge in [0.05, 0.1) is 6.42 Å². The van der Waals surface area contributed by atoms with Crippen molar-refractivity contribution >= 4 is 40.7 Å². The van der Waals surface area contributed by atoms with Gasteiger partial charge in [0.25, 0.3) is 5.91 Å². The molecule has 11 nitrogen and oxygen atoms in total. The number of carbonyl (C=O) groups excluding carboxylic acids is 3. The minimum atomic E-state index is -4.36. The number of rotatable bonds is 8. The third-order valence-electron chi connectivity index (χ3n) is 8.31. The van der Waals surface area contributed by atoms with Gasteiger partial charge in [-0.2, -0.15) is 18.2 Å². The first-order valence-electron chi connectivity index (χ1n) is 15.4. The smallest absolute Gasteiger partial charge is 0.339 e. The van der Waals surface area contributed by atoms with Gasteiger partial charge >= 0.3 is 12.2 Å². The van der Waals surface area contributed by atoms with Crippen molar-refractivity contribution in [1.29, 1.82) is 0 Å². The molecule has 2 aliphatic heterocycles. The molecule has 0 saturated carbocycles. The standard InChI is InChI=1S/C33H33F3N8O3/c34-33(35,36)14-10-28(45)42-18-12-23(13-19-42)27-5-3-16-44-29(27)39-31(41-44)38-25-8-6-24(7-9-25)30(46)40-32(47)43-17-11-22(21-43)20-26-4-1-2-15-37-26/h1-9,12,15-16,22H,10-11,13-14,17-21H2,(H,38,41)(H,40,46,47). The third-order valence-corrected chi connectivity index (χ3v) is 8.31. The number of halogens is 3. The summed E-state index contributed by atoms with van der Waals surface area (Å²) in [5.74, 6) is -0.399. The number of hydrogen-bond donors (Lipinski definition) is 2. The van der Waals surface area contributed by atoms with Crippen molar-refractivity contribution in [2.45, 2.75) is 38.3 Å². The Kier molecular flexibility index (Phi) is 9.18. The molecule has 14 heteroatoms. The van der Waals surface area contributed by atoms with Crippen LogP contribution in [0, 0.1) is 5.92 Å². The lowest BCUT2D eigenvalue weighted by molar-refractivity contribution is -0.148. The van der Waals surface area contributed by atoms with Gasteiger partial charge in [-0.15, -0.1) is 5.10 Å². The Balaban J connectivity index is 1.03. The molecular formula is C33H33F3N8O3. The highest BCUT2D eigenvalue weighted by Gasteiger charge is 2.30. The molecule has 5 heterocycles. The van der Waals surface area contributed by atoms with E-state index >= 15 is 0 Å². The predicted molar refractivity (Wildman–Crippen MR) is 168 cm³/mol. The van der Waals surface area contributed by atoms with E-state index in [0.717, 1.165) is 29.7 Å². The number of aromatic nitrogens is 4. The third kappa shape index (κ3) is 7.94. The average Bonchev–Trinajstić information content (AvgIpc) is 3.71. The molecule has 1 fully saturated rings. The molecule has 2 N–H and O–H groups in total. The average molecular weight is 647 g/mol. The van der Waals surface area contributed by atoms with Gasteiger partial charge in [-0.1, -0.05) is 12.1 Å². The topological polar surface area (TPSA) is 125 Å². The van der Waals surface area contributed by atoms with Crippen LogP contribution in [0.15, 0.2) is 73.1 Å². The molecule has 1 saturated heterocycles. The molecule has 244 valence electrons. The number of benzene rings is 1. The molecule has 0 bridgehead atoms. The molecule has 0 spiro atoms. The van der Waals surface area contributed by atoms with Crippen LogP contribution in [0.1, 0.15) is 47.3 Å². The molecule has 0 radical (unpaired) electrons. The van der Waals surface area contributed by atoms with Crippen molar-refractivity contribution in [3.8, 4) is 0 Å². The molecule has 4 amide bonds. The SMILES string of the molecule is O=C(NC(=O)N1CCC(Cc2ccccn2)C1)c1ccc(Nc2nc3c(C4=CCN(C(=O)CCC(F)(F)F)CC4)cccn3n2)cc1. The number of carbonyl (C=O) groups is 3. The summed E-state index contributed by atoms with van der Waals surface area (Å²) >= 11 is 0. The summed E-state index contributed by atoms with van der Waals surface area (Å²) in [5, 5.41) is 10.1. The zero-order valence-electron chi connectivity index (χ0n) is 25.4. The van der Waals surface area contributed by atoms with E-state index in [1.807, 2.05) is 36.4 Å². The Morgan fingerprint density at radius 1 is 0.979 bits per heavy atom. The molecule has 2 aliphatic rings. The molecule has 0 aliphatic carbocycles. The molecule has 47 heavy (non-hydrogen) atoms. The van der Waals surface area contributed by atoms with E-state index in [1.165, 1.54) is 4.90 Å². The van der Waals surface area contributed by atoms with Crippen molar-refractivity contribution in [2.24, 2.45) is 5.92 Å². The monoisotopic (exact) mass is 646 g/mol. The van der Waals surface area contributed by atoms with Gasteiger partial charge in [0.1, 0.15) is 0 Å². The van der Waals surface area contributed by atoms with Crippen LogP contribution in [0.3, 0.4) is 0 Å². The fourth-order valence-electron chi connectivity index (χ4n) is 5.84. The van der Waals surface area contributed by atoms with E-state index in [-0.39, 0.29) is 6.54 Å². The van der Waals surface area contributed by atoms with E-state index in [2.05, 4.69) is 25.7 Å². The van der Waals surface area contributed by atoms with Gasteiger partial charge in [0.2, 0.25) is 11.9 Å². The highest BCUT2D eigenvalue weighted by Crippen LogP contribution is 2.28. The first kappa shape index (κ1) is 31.7. The molecule has 1 aromatic carbocycles. The molecule has 6 rings (SSSR count). The van der Waals surface area contributed by atoms with E-state index < -0.39 is 36.9 Å². The summed E-state index contributed by atoms with van der Waals surface area (Å²) in [6.45, 7) is 1.68. The molecule has 3 aromatic heterocycles. The van der Waals surface area contributed by atoms with Crippen LogP contribution < -0.4 is 10.6 Å². The predicted octanol–water partition coefficient (Wildman–Crippen LogP) is 5.24. The minimum absolute atomic E-state index is 0.225. The highest BCUT2D eigenvalue weighted by molar-refractivity contribution is 6.04. The van der Waals surface area contributed by atoms with E-state index in [4.69, 9.17) is 0 Å². The van der Waals surface area contributed by atoms with Crippen LogP contribution >= 0.6 is 0 Å². The number of amides is 4. The number of imide groups is 1. The molecule has 4 aromatic rings. The number of nitrogens with one attached hydrogen (secondary N) is 2. The van der Waals surface area contributed by atoms with Crippen molar-refractivity contribution in [1.82, 2.24) is 34.7 Å². The fraction of sp³-hybridized carbons (Fsp3) is 0.333. The van der Waals surface area contributed by atoms with Crippen LogP contribution in [0.2, 0.25) is 0 Å². The van der Waals surface area contributed by atoms with Crippen LogP contribution in [-0.4, -0.2) is 79.6 Å². The molecule has 1 unspecified atom stereocenters. The van der Waals surface area contributed by atoms with Gasteiger partial charge in [-0.25, -0.2) is 9.31 Å². The Bertz CT molecular complexity index is 1790. The Morgan fingerprint density at radius 2 is 1.81 bits per heavy atom. The molecule has 1 atom stereocenters. The lowest BCUT2D eigenvalue weighted by Gasteiger charge is -2.27. The van der Waals surface area contributed by atoms with Crippen molar-refractivity contribution in [2.75, 3.05) is 31.5 Å². The number of likely N-dealkylation sites (tertiary alicyclic amines) is 1. The minimum Gasteiger partial charge on any atom is -0.339 e. The van der Waals surface area contributed by atoms with Gasteiger partial charge in [0.15, 0.2) is 5.65 Å². The van der Waals surface area contributed by atoms with Gasteiger partial charge in [-0.05, 0) is 79.3 Å². The summed E-state index contributed by atoms with van der Waals surface area (Å²) in [6, 6.07) is 15.7. The number of hydrogen-bond acceptors (Lipinski definition) is 7. The van der Waals surface area contributed by atoms with E-state index in [1.54, 1.807) is 46.1 Å². The zero-order chi connectivity index (χ0) is 33.0.